The Morgan fingerprint density at radius 3 is 3.00 bits per heavy atom. The number of hydrogen-bond donors (Lipinski definition) is 0. The average Bonchev–Trinajstić information content (AvgIpc) is 2.13. The highest BCUT2D eigenvalue weighted by molar-refractivity contribution is 6.29. The smallest absolute Gasteiger partial charge is 0.0760 e. The minimum atomic E-state index is 0.593. The van der Waals surface area contributed by atoms with Gasteiger partial charge in [0.2, 0.25) is 0 Å². The Morgan fingerprint density at radius 2 is 2.60 bits per heavy atom. The van der Waals surface area contributed by atoms with E-state index in [0.29, 0.717) is 11.6 Å². The first kappa shape index (κ1) is 7.35. The van der Waals surface area contributed by atoms with Crippen LogP contribution in [0, 0.1) is 6.92 Å². The van der Waals surface area contributed by atoms with Crippen LogP contribution >= 0.6 is 11.6 Å². The van der Waals surface area contributed by atoms with Crippen LogP contribution in [0.25, 0.3) is 0 Å². The summed E-state index contributed by atoms with van der Waals surface area (Å²) in [5.74, 6) is 0. The van der Waals surface area contributed by atoms with Gasteiger partial charge in [-0.05, 0) is 13.0 Å². The van der Waals surface area contributed by atoms with Gasteiger partial charge in [-0.3, -0.25) is 4.68 Å². The molecule has 0 saturated carbocycles. The summed E-state index contributed by atoms with van der Waals surface area (Å²) in [5.41, 5.74) is 0.998. The van der Waals surface area contributed by atoms with Crippen molar-refractivity contribution in [3.8, 4) is 0 Å². The van der Waals surface area contributed by atoms with Gasteiger partial charge in [-0.15, -0.1) is 0 Å². The van der Waals surface area contributed by atoms with E-state index in [0.717, 1.165) is 5.69 Å². The summed E-state index contributed by atoms with van der Waals surface area (Å²) >= 11 is 5.57. The quantitative estimate of drug-likeness (QED) is 0.640. The molecule has 1 heterocycles. The van der Waals surface area contributed by atoms with Crippen molar-refractivity contribution in [1.29, 1.82) is 0 Å². The number of aryl methyl sites for hydroxylation is 1. The average molecular weight is 157 g/mol. The third-order valence-electron chi connectivity index (χ3n) is 1.11. The number of rotatable bonds is 2. The maximum atomic E-state index is 5.57. The summed E-state index contributed by atoms with van der Waals surface area (Å²) in [5, 5.41) is 4.72. The molecule has 3 heteroatoms. The highest BCUT2D eigenvalue weighted by Gasteiger charge is 1.93. The predicted molar refractivity (Wildman–Crippen MR) is 42.0 cm³/mol. The Morgan fingerprint density at radius 1 is 1.90 bits per heavy atom. The minimum absolute atomic E-state index is 0.593. The SMILES string of the molecule is C=C(Cl)Cn1ccc(C)n1. The van der Waals surface area contributed by atoms with Gasteiger partial charge in [0.15, 0.2) is 0 Å². The Balaban J connectivity index is 2.67. The lowest BCUT2D eigenvalue weighted by Crippen LogP contribution is -1.97. The summed E-state index contributed by atoms with van der Waals surface area (Å²) in [7, 11) is 0. The van der Waals surface area contributed by atoms with Gasteiger partial charge in [0.05, 0.1) is 12.2 Å². The topological polar surface area (TPSA) is 17.8 Å². The molecule has 10 heavy (non-hydrogen) atoms. The summed E-state index contributed by atoms with van der Waals surface area (Å²) < 4.78 is 1.75. The first-order valence-corrected chi connectivity index (χ1v) is 3.39. The Bertz CT molecular complexity index is 240. The lowest BCUT2D eigenvalue weighted by Gasteiger charge is -1.95. The van der Waals surface area contributed by atoms with E-state index >= 15 is 0 Å². The van der Waals surface area contributed by atoms with Crippen molar-refractivity contribution in [2.45, 2.75) is 13.5 Å². The number of nitrogens with zero attached hydrogens (tertiary/aromatic N) is 2. The number of allylic oxidation sites excluding steroid dienone is 1. The zero-order valence-electron chi connectivity index (χ0n) is 5.84. The molecule has 54 valence electrons. The van der Waals surface area contributed by atoms with Gasteiger partial charge in [-0.2, -0.15) is 5.10 Å². The van der Waals surface area contributed by atoms with E-state index in [2.05, 4.69) is 11.7 Å². The van der Waals surface area contributed by atoms with Gasteiger partial charge in [0.25, 0.3) is 0 Å². The van der Waals surface area contributed by atoms with Crippen molar-refractivity contribution in [2.75, 3.05) is 0 Å². The zero-order chi connectivity index (χ0) is 7.56. The van der Waals surface area contributed by atoms with Crippen LogP contribution in [-0.2, 0) is 6.54 Å². The number of halogens is 1. The number of aromatic nitrogens is 2. The summed E-state index contributed by atoms with van der Waals surface area (Å²) in [6, 6.07) is 1.93. The molecule has 0 unspecified atom stereocenters. The van der Waals surface area contributed by atoms with Crippen molar-refractivity contribution < 1.29 is 0 Å². The molecule has 1 aromatic rings. The van der Waals surface area contributed by atoms with Crippen molar-refractivity contribution in [3.05, 3.63) is 29.6 Å². The van der Waals surface area contributed by atoms with Crippen molar-refractivity contribution in [2.24, 2.45) is 0 Å². The standard InChI is InChI=1S/C7H9ClN2/c1-6(8)5-10-4-3-7(2)9-10/h3-4H,1,5H2,2H3. The molecule has 0 radical (unpaired) electrons. The predicted octanol–water partition coefficient (Wildman–Crippen LogP) is 1.94. The second kappa shape index (κ2) is 2.88. The van der Waals surface area contributed by atoms with Crippen LogP contribution in [0.1, 0.15) is 5.69 Å². The van der Waals surface area contributed by atoms with Crippen LogP contribution in [0.4, 0.5) is 0 Å². The second-order valence-electron chi connectivity index (χ2n) is 2.17. The zero-order valence-corrected chi connectivity index (χ0v) is 6.60. The van der Waals surface area contributed by atoms with Crippen LogP contribution in [0.15, 0.2) is 23.9 Å². The molecular formula is C7H9ClN2. The van der Waals surface area contributed by atoms with Crippen LogP contribution in [0.3, 0.4) is 0 Å². The highest BCUT2D eigenvalue weighted by atomic mass is 35.5. The van der Waals surface area contributed by atoms with Gasteiger partial charge in [-0.25, -0.2) is 0 Å². The lowest BCUT2D eigenvalue weighted by atomic mass is 10.5. The summed E-state index contributed by atoms with van der Waals surface area (Å²) in [6.07, 6.45) is 1.88. The third kappa shape index (κ3) is 1.88. The molecule has 0 aliphatic heterocycles. The van der Waals surface area contributed by atoms with Gasteiger partial charge in [0, 0.05) is 11.2 Å². The molecule has 0 aliphatic rings. The first-order valence-electron chi connectivity index (χ1n) is 3.02. The van der Waals surface area contributed by atoms with E-state index in [4.69, 9.17) is 11.6 Å². The largest absolute Gasteiger partial charge is 0.267 e. The molecule has 0 fully saturated rings. The summed E-state index contributed by atoms with van der Waals surface area (Å²) in [4.78, 5) is 0. The molecule has 0 saturated heterocycles. The number of hydrogen-bond acceptors (Lipinski definition) is 1. The fourth-order valence-corrected chi connectivity index (χ4v) is 0.849. The molecule has 0 aliphatic carbocycles. The molecule has 0 bridgehead atoms. The molecule has 1 aromatic heterocycles. The van der Waals surface area contributed by atoms with Crippen molar-refractivity contribution in [3.63, 3.8) is 0 Å². The van der Waals surface area contributed by atoms with E-state index < -0.39 is 0 Å². The molecule has 0 atom stereocenters. The van der Waals surface area contributed by atoms with Crippen LogP contribution < -0.4 is 0 Å². The maximum absolute atomic E-state index is 5.57. The molecule has 1 rings (SSSR count). The van der Waals surface area contributed by atoms with E-state index in [-0.39, 0.29) is 0 Å². The highest BCUT2D eigenvalue weighted by Crippen LogP contribution is 2.01. The van der Waals surface area contributed by atoms with Crippen molar-refractivity contribution in [1.82, 2.24) is 9.78 Å². The molecule has 0 N–H and O–H groups in total. The fraction of sp³-hybridized carbons (Fsp3) is 0.286. The Kier molecular flexibility index (Phi) is 2.12. The van der Waals surface area contributed by atoms with E-state index in [1.165, 1.54) is 0 Å². The van der Waals surface area contributed by atoms with Gasteiger partial charge < -0.3 is 0 Å². The van der Waals surface area contributed by atoms with Crippen LogP contribution in [0.5, 0.6) is 0 Å². The lowest BCUT2D eigenvalue weighted by molar-refractivity contribution is 0.688. The Labute approximate surface area is 65.1 Å². The Hall–Kier alpha value is -0.760. The second-order valence-corrected chi connectivity index (χ2v) is 2.71. The summed E-state index contributed by atoms with van der Waals surface area (Å²) in [6.45, 7) is 6.09. The van der Waals surface area contributed by atoms with E-state index in [1.54, 1.807) is 4.68 Å². The minimum Gasteiger partial charge on any atom is -0.267 e. The van der Waals surface area contributed by atoms with E-state index in [1.807, 2.05) is 19.2 Å². The van der Waals surface area contributed by atoms with Gasteiger partial charge in [0.1, 0.15) is 0 Å². The first-order chi connectivity index (χ1) is 4.68. The monoisotopic (exact) mass is 156 g/mol. The fourth-order valence-electron chi connectivity index (χ4n) is 0.727. The maximum Gasteiger partial charge on any atom is 0.0760 e. The van der Waals surface area contributed by atoms with Crippen molar-refractivity contribution >= 4 is 11.6 Å². The molecule has 0 amide bonds. The third-order valence-corrected chi connectivity index (χ3v) is 1.23. The molecule has 0 aromatic carbocycles. The van der Waals surface area contributed by atoms with E-state index in [9.17, 15) is 0 Å². The molecule has 0 spiro atoms. The molecule has 2 nitrogen and oxygen atoms in total. The normalized spacial score (nSPS) is 9.80. The van der Waals surface area contributed by atoms with Gasteiger partial charge >= 0.3 is 0 Å². The van der Waals surface area contributed by atoms with Crippen LogP contribution in [0.2, 0.25) is 0 Å². The molecular weight excluding hydrogens is 148 g/mol. The van der Waals surface area contributed by atoms with Crippen LogP contribution in [-0.4, -0.2) is 9.78 Å². The van der Waals surface area contributed by atoms with Gasteiger partial charge in [-0.1, -0.05) is 18.2 Å².